The first-order valence-electron chi connectivity index (χ1n) is 5.99. The maximum Gasteiger partial charge on any atom is 0.325 e. The van der Waals surface area contributed by atoms with Gasteiger partial charge in [0.25, 0.3) is 0 Å². The molecule has 0 aromatic heterocycles. The highest BCUT2D eigenvalue weighted by Crippen LogP contribution is 2.18. The van der Waals surface area contributed by atoms with E-state index in [0.29, 0.717) is 12.3 Å². The Balaban J connectivity index is 2.72. The molecule has 0 saturated heterocycles. The normalized spacial score (nSPS) is 10.6. The molecule has 0 aliphatic heterocycles. The molecule has 4 heteroatoms. The minimum atomic E-state index is -0.756. The minimum absolute atomic E-state index is 0.220. The van der Waals surface area contributed by atoms with Crippen molar-refractivity contribution in [2.75, 3.05) is 13.7 Å². The third-order valence-corrected chi connectivity index (χ3v) is 2.70. The van der Waals surface area contributed by atoms with E-state index < -0.39 is 5.54 Å². The van der Waals surface area contributed by atoms with Gasteiger partial charge in [-0.2, -0.15) is 0 Å². The van der Waals surface area contributed by atoms with E-state index in [2.05, 4.69) is 11.2 Å². The molecule has 0 atom stereocenters. The molecular formula is C15H19NO3. The van der Waals surface area contributed by atoms with Crippen molar-refractivity contribution in [2.45, 2.75) is 25.9 Å². The molecule has 0 fully saturated rings. The number of terminal acetylenes is 1. The molecule has 0 aliphatic rings. The number of rotatable bonds is 6. The molecule has 1 aromatic rings. The van der Waals surface area contributed by atoms with Gasteiger partial charge in [0.05, 0.1) is 7.11 Å². The number of hydrogen-bond donors (Lipinski definition) is 1. The second kappa shape index (κ2) is 6.81. The van der Waals surface area contributed by atoms with Crippen LogP contribution in [-0.2, 0) is 16.1 Å². The van der Waals surface area contributed by atoms with Crippen molar-refractivity contribution in [2.24, 2.45) is 0 Å². The number of methoxy groups -OCH3 is 1. The zero-order valence-electron chi connectivity index (χ0n) is 11.5. The molecule has 19 heavy (non-hydrogen) atoms. The van der Waals surface area contributed by atoms with Crippen molar-refractivity contribution in [3.63, 3.8) is 0 Å². The van der Waals surface area contributed by atoms with Crippen LogP contribution < -0.4 is 10.1 Å². The quantitative estimate of drug-likeness (QED) is 0.626. The Morgan fingerprint density at radius 1 is 1.42 bits per heavy atom. The summed E-state index contributed by atoms with van der Waals surface area (Å²) in [6, 6.07) is 7.55. The van der Waals surface area contributed by atoms with Crippen LogP contribution in [0.15, 0.2) is 24.3 Å². The Kier molecular flexibility index (Phi) is 5.40. The number of hydrogen-bond acceptors (Lipinski definition) is 4. The van der Waals surface area contributed by atoms with E-state index in [1.54, 1.807) is 13.8 Å². The highest BCUT2D eigenvalue weighted by atomic mass is 16.5. The molecule has 0 amide bonds. The first kappa shape index (κ1) is 15.1. The third kappa shape index (κ3) is 4.31. The standard InChI is InChI=1S/C15H19NO3/c1-5-10-19-13-9-7-6-8-12(13)11-16-15(2,3)14(17)18-4/h1,6-9,16H,10-11H2,2-4H3. The van der Waals surface area contributed by atoms with Gasteiger partial charge in [-0.3, -0.25) is 10.1 Å². The predicted octanol–water partition coefficient (Wildman–Crippen LogP) is 1.74. The van der Waals surface area contributed by atoms with Crippen LogP contribution in [-0.4, -0.2) is 25.2 Å². The molecule has 1 rings (SSSR count). The van der Waals surface area contributed by atoms with E-state index in [1.807, 2.05) is 24.3 Å². The molecule has 0 heterocycles. The maximum absolute atomic E-state index is 11.6. The van der Waals surface area contributed by atoms with Gasteiger partial charge in [0.2, 0.25) is 0 Å². The molecule has 4 nitrogen and oxygen atoms in total. The average molecular weight is 261 g/mol. The molecule has 1 N–H and O–H groups in total. The SMILES string of the molecule is C#CCOc1ccccc1CNC(C)(C)C(=O)OC. The first-order valence-corrected chi connectivity index (χ1v) is 5.99. The van der Waals surface area contributed by atoms with E-state index in [9.17, 15) is 4.79 Å². The molecule has 102 valence electrons. The zero-order valence-corrected chi connectivity index (χ0v) is 11.5. The topological polar surface area (TPSA) is 47.6 Å². The highest BCUT2D eigenvalue weighted by molar-refractivity contribution is 5.79. The lowest BCUT2D eigenvalue weighted by Gasteiger charge is -2.23. The molecule has 1 aromatic carbocycles. The number of para-hydroxylation sites is 1. The van der Waals surface area contributed by atoms with Crippen LogP contribution in [0, 0.1) is 12.3 Å². The number of benzene rings is 1. The summed E-state index contributed by atoms with van der Waals surface area (Å²) in [5, 5.41) is 3.14. The second-order valence-corrected chi connectivity index (χ2v) is 4.57. The lowest BCUT2D eigenvalue weighted by atomic mass is 10.1. The van der Waals surface area contributed by atoms with Gasteiger partial charge in [-0.25, -0.2) is 0 Å². The maximum atomic E-state index is 11.6. The number of nitrogens with one attached hydrogen (secondary N) is 1. The van der Waals surface area contributed by atoms with Crippen LogP contribution >= 0.6 is 0 Å². The molecule has 0 unspecified atom stereocenters. The Labute approximate surface area is 114 Å². The van der Waals surface area contributed by atoms with Crippen molar-refractivity contribution in [1.82, 2.24) is 5.32 Å². The van der Waals surface area contributed by atoms with Gasteiger partial charge in [0.15, 0.2) is 0 Å². The predicted molar refractivity (Wildman–Crippen MR) is 73.7 cm³/mol. The van der Waals surface area contributed by atoms with E-state index in [0.717, 1.165) is 5.56 Å². The fraction of sp³-hybridized carbons (Fsp3) is 0.400. The van der Waals surface area contributed by atoms with Crippen molar-refractivity contribution in [3.8, 4) is 18.1 Å². The van der Waals surface area contributed by atoms with E-state index in [4.69, 9.17) is 15.9 Å². The van der Waals surface area contributed by atoms with Crippen molar-refractivity contribution < 1.29 is 14.3 Å². The summed E-state index contributed by atoms with van der Waals surface area (Å²) < 4.78 is 10.2. The molecular weight excluding hydrogens is 242 g/mol. The fourth-order valence-corrected chi connectivity index (χ4v) is 1.55. The molecule has 0 bridgehead atoms. The number of carbonyl (C=O) groups is 1. The second-order valence-electron chi connectivity index (χ2n) is 4.57. The fourth-order valence-electron chi connectivity index (χ4n) is 1.55. The van der Waals surface area contributed by atoms with Gasteiger partial charge in [-0.15, -0.1) is 6.42 Å². The van der Waals surface area contributed by atoms with Crippen molar-refractivity contribution in [3.05, 3.63) is 29.8 Å². The Bertz CT molecular complexity index is 475. The van der Waals surface area contributed by atoms with Crippen LogP contribution in [0.2, 0.25) is 0 Å². The van der Waals surface area contributed by atoms with Gasteiger partial charge in [-0.1, -0.05) is 24.1 Å². The van der Waals surface area contributed by atoms with Gasteiger partial charge in [0, 0.05) is 12.1 Å². The van der Waals surface area contributed by atoms with Crippen LogP contribution in [0.4, 0.5) is 0 Å². The van der Waals surface area contributed by atoms with Crippen molar-refractivity contribution >= 4 is 5.97 Å². The van der Waals surface area contributed by atoms with E-state index in [-0.39, 0.29) is 12.6 Å². The smallest absolute Gasteiger partial charge is 0.325 e. The van der Waals surface area contributed by atoms with Gasteiger partial charge in [0.1, 0.15) is 17.9 Å². The number of esters is 1. The summed E-state index contributed by atoms with van der Waals surface area (Å²) in [7, 11) is 1.37. The minimum Gasteiger partial charge on any atom is -0.481 e. The number of ether oxygens (including phenoxy) is 2. The lowest BCUT2D eigenvalue weighted by Crippen LogP contribution is -2.47. The van der Waals surface area contributed by atoms with Gasteiger partial charge < -0.3 is 9.47 Å². The average Bonchev–Trinajstić information content (AvgIpc) is 2.42. The van der Waals surface area contributed by atoms with E-state index >= 15 is 0 Å². The summed E-state index contributed by atoms with van der Waals surface area (Å²) in [5.41, 5.74) is 0.184. The van der Waals surface area contributed by atoms with Crippen LogP contribution in [0.25, 0.3) is 0 Å². The Morgan fingerprint density at radius 3 is 2.74 bits per heavy atom. The molecule has 0 saturated carbocycles. The molecule has 0 aliphatic carbocycles. The summed E-state index contributed by atoms with van der Waals surface area (Å²) in [6.45, 7) is 4.24. The largest absolute Gasteiger partial charge is 0.481 e. The van der Waals surface area contributed by atoms with Crippen molar-refractivity contribution in [1.29, 1.82) is 0 Å². The van der Waals surface area contributed by atoms with Crippen LogP contribution in [0.5, 0.6) is 5.75 Å². The molecule has 0 spiro atoms. The van der Waals surface area contributed by atoms with Crippen LogP contribution in [0.1, 0.15) is 19.4 Å². The van der Waals surface area contributed by atoms with Gasteiger partial charge >= 0.3 is 5.97 Å². The zero-order chi connectivity index (χ0) is 14.3. The first-order chi connectivity index (χ1) is 9.01. The van der Waals surface area contributed by atoms with Gasteiger partial charge in [-0.05, 0) is 19.9 Å². The molecule has 0 radical (unpaired) electrons. The summed E-state index contributed by atoms with van der Waals surface area (Å²) in [5.74, 6) is 2.83. The Morgan fingerprint density at radius 2 is 2.11 bits per heavy atom. The third-order valence-electron chi connectivity index (χ3n) is 2.70. The lowest BCUT2D eigenvalue weighted by molar-refractivity contribution is -0.147. The monoisotopic (exact) mass is 261 g/mol. The summed E-state index contributed by atoms with van der Waals surface area (Å²) in [4.78, 5) is 11.6. The number of carbonyl (C=O) groups excluding carboxylic acids is 1. The summed E-state index contributed by atoms with van der Waals surface area (Å²) in [6.07, 6.45) is 5.18. The van der Waals surface area contributed by atoms with E-state index in [1.165, 1.54) is 7.11 Å². The highest BCUT2D eigenvalue weighted by Gasteiger charge is 2.27. The summed E-state index contributed by atoms with van der Waals surface area (Å²) >= 11 is 0. The Hall–Kier alpha value is -1.99. The van der Waals surface area contributed by atoms with Crippen LogP contribution in [0.3, 0.4) is 0 Å².